The number of carbonyl (C=O) groups excluding carboxylic acids is 2. The lowest BCUT2D eigenvalue weighted by atomic mass is 9.98. The normalized spacial score (nSPS) is 13.1. The van der Waals surface area contributed by atoms with Crippen LogP contribution in [0.3, 0.4) is 0 Å². The van der Waals surface area contributed by atoms with E-state index in [1.165, 1.54) is 10.9 Å². The van der Waals surface area contributed by atoms with E-state index < -0.39 is 24.0 Å². The zero-order valence-corrected chi connectivity index (χ0v) is 19.8. The average Bonchev–Trinajstić information content (AvgIpc) is 3.34. The third kappa shape index (κ3) is 5.18. The summed E-state index contributed by atoms with van der Waals surface area (Å²) in [7, 11) is 1.60. The first-order chi connectivity index (χ1) is 16.7. The van der Waals surface area contributed by atoms with E-state index in [9.17, 15) is 19.5 Å². The Balaban J connectivity index is 1.44. The van der Waals surface area contributed by atoms with Gasteiger partial charge in [-0.1, -0.05) is 62.4 Å². The van der Waals surface area contributed by atoms with Crippen molar-refractivity contribution in [3.8, 4) is 11.1 Å². The van der Waals surface area contributed by atoms with Gasteiger partial charge in [-0.15, -0.1) is 0 Å². The molecule has 1 atom stereocenters. The van der Waals surface area contributed by atoms with Crippen LogP contribution in [0.4, 0.5) is 10.6 Å². The Morgan fingerprint density at radius 2 is 1.66 bits per heavy atom. The highest BCUT2D eigenvalue weighted by atomic mass is 16.5. The lowest BCUT2D eigenvalue weighted by Gasteiger charge is -2.16. The number of rotatable bonds is 8. The number of hydrogen-bond donors (Lipinski definition) is 3. The molecule has 1 aromatic heterocycles. The third-order valence-electron chi connectivity index (χ3n) is 5.95. The Kier molecular flexibility index (Phi) is 6.86. The number of aromatic nitrogens is 2. The molecule has 0 spiro atoms. The SMILES string of the molecule is CC(C)C[C@@H](NC(=O)c1cn(C)nc1NC(=O)OCC1c2ccccc2-c2ccccc21)C(=O)O. The Hall–Kier alpha value is -4.14. The van der Waals surface area contributed by atoms with Crippen molar-refractivity contribution >= 4 is 23.8 Å². The van der Waals surface area contributed by atoms with Crippen LogP contribution in [0.5, 0.6) is 0 Å². The summed E-state index contributed by atoms with van der Waals surface area (Å²) in [4.78, 5) is 37.0. The third-order valence-corrected chi connectivity index (χ3v) is 5.95. The number of nitrogens with zero attached hydrogens (tertiary/aromatic N) is 2. The van der Waals surface area contributed by atoms with Gasteiger partial charge in [0.05, 0.1) is 0 Å². The molecule has 9 heteroatoms. The molecule has 0 saturated carbocycles. The number of aryl methyl sites for hydroxylation is 1. The molecule has 35 heavy (non-hydrogen) atoms. The number of carboxylic acid groups (broad SMARTS) is 1. The fraction of sp³-hybridized carbons (Fsp3) is 0.308. The Morgan fingerprint density at radius 1 is 1.06 bits per heavy atom. The van der Waals surface area contributed by atoms with Crippen LogP contribution >= 0.6 is 0 Å². The Labute approximate surface area is 203 Å². The molecule has 9 nitrogen and oxygen atoms in total. The fourth-order valence-corrected chi connectivity index (χ4v) is 4.41. The van der Waals surface area contributed by atoms with Crippen molar-refractivity contribution in [2.75, 3.05) is 11.9 Å². The highest BCUT2D eigenvalue weighted by Gasteiger charge is 2.30. The predicted molar refractivity (Wildman–Crippen MR) is 130 cm³/mol. The van der Waals surface area contributed by atoms with Crippen molar-refractivity contribution in [3.05, 3.63) is 71.4 Å². The minimum Gasteiger partial charge on any atom is -0.480 e. The molecule has 0 bridgehead atoms. The lowest BCUT2D eigenvalue weighted by molar-refractivity contribution is -0.139. The van der Waals surface area contributed by atoms with Crippen molar-refractivity contribution < 1.29 is 24.2 Å². The maximum atomic E-state index is 12.8. The zero-order valence-electron chi connectivity index (χ0n) is 19.8. The van der Waals surface area contributed by atoms with Crippen molar-refractivity contribution in [2.24, 2.45) is 13.0 Å². The van der Waals surface area contributed by atoms with Crippen LogP contribution < -0.4 is 10.6 Å². The van der Waals surface area contributed by atoms with E-state index >= 15 is 0 Å². The number of carboxylic acids is 1. The molecule has 0 aliphatic heterocycles. The molecule has 0 saturated heterocycles. The van der Waals surface area contributed by atoms with Crippen molar-refractivity contribution in [1.82, 2.24) is 15.1 Å². The van der Waals surface area contributed by atoms with Gasteiger partial charge in [0.25, 0.3) is 5.91 Å². The van der Waals surface area contributed by atoms with E-state index in [0.29, 0.717) is 0 Å². The quantitative estimate of drug-likeness (QED) is 0.452. The van der Waals surface area contributed by atoms with Crippen LogP contribution in [-0.2, 0) is 16.6 Å². The summed E-state index contributed by atoms with van der Waals surface area (Å²) in [5, 5.41) is 18.6. The molecule has 1 heterocycles. The van der Waals surface area contributed by atoms with Gasteiger partial charge >= 0.3 is 12.1 Å². The van der Waals surface area contributed by atoms with Crippen molar-refractivity contribution in [3.63, 3.8) is 0 Å². The van der Waals surface area contributed by atoms with E-state index in [4.69, 9.17) is 4.74 Å². The molecule has 1 aliphatic rings. The highest BCUT2D eigenvalue weighted by Crippen LogP contribution is 2.44. The summed E-state index contributed by atoms with van der Waals surface area (Å²) in [6, 6.07) is 15.0. The summed E-state index contributed by atoms with van der Waals surface area (Å²) >= 11 is 0. The van der Waals surface area contributed by atoms with Crippen LogP contribution in [-0.4, -0.2) is 45.5 Å². The monoisotopic (exact) mass is 476 g/mol. The average molecular weight is 477 g/mol. The standard InChI is InChI=1S/C26H28N4O5/c1-15(2)12-22(25(32)33)27-24(31)20-13-30(3)29-23(20)28-26(34)35-14-21-18-10-6-4-8-16(18)17-9-5-7-11-19(17)21/h4-11,13,15,21-22H,12,14H2,1-3H3,(H,27,31)(H,32,33)(H,28,29,34)/t22-/m1/s1. The van der Waals surface area contributed by atoms with Crippen LogP contribution in [0.25, 0.3) is 11.1 Å². The number of carbonyl (C=O) groups is 3. The molecule has 182 valence electrons. The van der Waals surface area contributed by atoms with E-state index in [0.717, 1.165) is 22.3 Å². The van der Waals surface area contributed by atoms with E-state index in [2.05, 4.69) is 27.9 Å². The second-order valence-corrected chi connectivity index (χ2v) is 9.01. The molecule has 0 fully saturated rings. The summed E-state index contributed by atoms with van der Waals surface area (Å²) in [6.45, 7) is 3.86. The maximum Gasteiger partial charge on any atom is 0.412 e. The molecule has 4 rings (SSSR count). The molecule has 3 aromatic rings. The van der Waals surface area contributed by atoms with Gasteiger partial charge in [0, 0.05) is 19.2 Å². The van der Waals surface area contributed by atoms with Crippen LogP contribution in [0.15, 0.2) is 54.7 Å². The van der Waals surface area contributed by atoms with E-state index in [-0.39, 0.29) is 36.2 Å². The minimum atomic E-state index is -1.12. The molecule has 2 amide bonds. The maximum absolute atomic E-state index is 12.8. The molecular formula is C26H28N4O5. The molecular weight excluding hydrogens is 448 g/mol. The second-order valence-electron chi connectivity index (χ2n) is 9.01. The Morgan fingerprint density at radius 3 is 2.23 bits per heavy atom. The smallest absolute Gasteiger partial charge is 0.412 e. The summed E-state index contributed by atoms with van der Waals surface area (Å²) in [6.07, 6.45) is 0.940. The molecule has 3 N–H and O–H groups in total. The first-order valence-corrected chi connectivity index (χ1v) is 11.4. The number of benzene rings is 2. The van der Waals surface area contributed by atoms with Gasteiger partial charge in [-0.25, -0.2) is 9.59 Å². The fourth-order valence-electron chi connectivity index (χ4n) is 4.41. The van der Waals surface area contributed by atoms with Crippen molar-refractivity contribution in [1.29, 1.82) is 0 Å². The minimum absolute atomic E-state index is 0.00379. The van der Waals surface area contributed by atoms with E-state index in [1.807, 2.05) is 50.2 Å². The second kappa shape index (κ2) is 10.0. The summed E-state index contributed by atoms with van der Waals surface area (Å²) in [5.74, 6) is -1.80. The number of nitrogens with one attached hydrogen (secondary N) is 2. The van der Waals surface area contributed by atoms with E-state index in [1.54, 1.807) is 7.05 Å². The topological polar surface area (TPSA) is 123 Å². The summed E-state index contributed by atoms with van der Waals surface area (Å²) < 4.78 is 6.90. The summed E-state index contributed by atoms with van der Waals surface area (Å²) in [5.41, 5.74) is 4.47. The Bertz CT molecular complexity index is 1220. The highest BCUT2D eigenvalue weighted by molar-refractivity contribution is 6.02. The van der Waals surface area contributed by atoms with Gasteiger partial charge in [-0.3, -0.25) is 14.8 Å². The number of amides is 2. The van der Waals surface area contributed by atoms with Gasteiger partial charge in [0.15, 0.2) is 5.82 Å². The predicted octanol–water partition coefficient (Wildman–Crippen LogP) is 4.01. The lowest BCUT2D eigenvalue weighted by Crippen LogP contribution is -2.41. The van der Waals surface area contributed by atoms with Gasteiger partial charge in [0.2, 0.25) is 0 Å². The van der Waals surface area contributed by atoms with Gasteiger partial charge in [0.1, 0.15) is 18.2 Å². The van der Waals surface area contributed by atoms with Gasteiger partial charge < -0.3 is 15.2 Å². The number of ether oxygens (including phenoxy) is 1. The van der Waals surface area contributed by atoms with Crippen LogP contribution in [0.1, 0.15) is 47.7 Å². The first kappa shape index (κ1) is 24.0. The number of aliphatic carboxylic acids is 1. The van der Waals surface area contributed by atoms with Crippen LogP contribution in [0.2, 0.25) is 0 Å². The van der Waals surface area contributed by atoms with Crippen molar-refractivity contribution in [2.45, 2.75) is 32.2 Å². The number of hydrogen-bond acceptors (Lipinski definition) is 5. The van der Waals surface area contributed by atoms with Gasteiger partial charge in [-0.2, -0.15) is 5.10 Å². The number of anilines is 1. The molecule has 0 unspecified atom stereocenters. The van der Waals surface area contributed by atoms with Crippen LogP contribution in [0, 0.1) is 5.92 Å². The number of fused-ring (bicyclic) bond motifs is 3. The molecule has 1 aliphatic carbocycles. The largest absolute Gasteiger partial charge is 0.480 e. The first-order valence-electron chi connectivity index (χ1n) is 11.4. The molecule has 0 radical (unpaired) electrons. The zero-order chi connectivity index (χ0) is 25.1. The molecule has 2 aromatic carbocycles. The van der Waals surface area contributed by atoms with Gasteiger partial charge in [-0.05, 0) is 34.6 Å².